The summed E-state index contributed by atoms with van der Waals surface area (Å²) in [5.74, 6) is 3.00. The molecule has 0 spiro atoms. The Morgan fingerprint density at radius 1 is 0.704 bits per heavy atom. The van der Waals surface area contributed by atoms with Gasteiger partial charge in [0, 0.05) is 34.7 Å². The van der Waals surface area contributed by atoms with Gasteiger partial charge in [0.15, 0.2) is 0 Å². The van der Waals surface area contributed by atoms with Crippen LogP contribution in [-0.2, 0) is 11.8 Å². The summed E-state index contributed by atoms with van der Waals surface area (Å²) >= 11 is 0. The summed E-state index contributed by atoms with van der Waals surface area (Å²) in [6.45, 7) is 24.8. The molecule has 0 aliphatic rings. The lowest BCUT2D eigenvalue weighted by molar-refractivity contribution is 0.378. The van der Waals surface area contributed by atoms with Gasteiger partial charge in [0.1, 0.15) is 17.3 Å². The fourth-order valence-electron chi connectivity index (χ4n) is 7.57. The standard InChI is InChI=1S/C49H56N4O/c1-31(2)46-45(35-15-13-12-14-16-35)47(32(3)4)53(51-46)37-25-33(5)26-39(29-37)54-38-18-19-40-41-27-34(21-23-48(6,7)8)17-20-42(41)52(43(40)30-38)44-28-36(22-24-50-44)49(9,10)11/h12-20,22,24-32H,21,23H2,1-11H3. The van der Waals surface area contributed by atoms with Crippen molar-refractivity contribution < 1.29 is 4.74 Å². The maximum atomic E-state index is 6.79. The van der Waals surface area contributed by atoms with Gasteiger partial charge in [-0.2, -0.15) is 5.10 Å². The predicted molar refractivity (Wildman–Crippen MR) is 227 cm³/mol. The Kier molecular flexibility index (Phi) is 9.80. The highest BCUT2D eigenvalue weighted by Gasteiger charge is 2.25. The molecule has 0 N–H and O–H groups in total. The maximum Gasteiger partial charge on any atom is 0.137 e. The second-order valence-electron chi connectivity index (χ2n) is 17.9. The number of hydrogen-bond acceptors (Lipinski definition) is 3. The van der Waals surface area contributed by atoms with Crippen molar-refractivity contribution in [2.24, 2.45) is 5.41 Å². The molecule has 0 bridgehead atoms. The molecule has 7 aromatic rings. The van der Waals surface area contributed by atoms with Gasteiger partial charge >= 0.3 is 0 Å². The van der Waals surface area contributed by atoms with E-state index in [2.05, 4.69) is 182 Å². The van der Waals surface area contributed by atoms with Crippen LogP contribution in [0.5, 0.6) is 11.5 Å². The predicted octanol–water partition coefficient (Wildman–Crippen LogP) is 13.7. The minimum atomic E-state index is -0.00444. The van der Waals surface area contributed by atoms with Crippen LogP contribution in [0.3, 0.4) is 0 Å². The molecule has 0 saturated heterocycles. The summed E-state index contributed by atoms with van der Waals surface area (Å²) in [5, 5.41) is 7.71. The Balaban J connectivity index is 1.35. The summed E-state index contributed by atoms with van der Waals surface area (Å²) in [6, 6.07) is 34.9. The van der Waals surface area contributed by atoms with E-state index in [9.17, 15) is 0 Å². The van der Waals surface area contributed by atoms with E-state index >= 15 is 0 Å². The highest BCUT2D eigenvalue weighted by atomic mass is 16.5. The van der Waals surface area contributed by atoms with E-state index in [4.69, 9.17) is 14.8 Å². The lowest BCUT2D eigenvalue weighted by Gasteiger charge is -2.20. The van der Waals surface area contributed by atoms with Crippen molar-refractivity contribution in [3.8, 4) is 34.1 Å². The Hall–Kier alpha value is -5.16. The molecule has 278 valence electrons. The van der Waals surface area contributed by atoms with Crippen LogP contribution >= 0.6 is 0 Å². The molecule has 5 nitrogen and oxygen atoms in total. The van der Waals surface area contributed by atoms with Crippen LogP contribution in [-0.4, -0.2) is 19.3 Å². The Labute approximate surface area is 322 Å². The van der Waals surface area contributed by atoms with E-state index in [0.29, 0.717) is 0 Å². The van der Waals surface area contributed by atoms with Crippen molar-refractivity contribution in [2.75, 3.05) is 0 Å². The second-order valence-corrected chi connectivity index (χ2v) is 17.9. The number of aryl methyl sites for hydroxylation is 2. The van der Waals surface area contributed by atoms with Gasteiger partial charge in [0.2, 0.25) is 0 Å². The van der Waals surface area contributed by atoms with Crippen molar-refractivity contribution in [1.29, 1.82) is 0 Å². The van der Waals surface area contributed by atoms with Gasteiger partial charge in [-0.05, 0) is 113 Å². The van der Waals surface area contributed by atoms with E-state index in [-0.39, 0.29) is 22.7 Å². The Bertz CT molecular complexity index is 2450. The third-order valence-electron chi connectivity index (χ3n) is 10.4. The van der Waals surface area contributed by atoms with Crippen LogP contribution in [0.25, 0.3) is 44.4 Å². The lowest BCUT2D eigenvalue weighted by Crippen LogP contribution is -2.12. The maximum absolute atomic E-state index is 6.79. The van der Waals surface area contributed by atoms with Gasteiger partial charge < -0.3 is 4.74 Å². The zero-order chi connectivity index (χ0) is 38.5. The van der Waals surface area contributed by atoms with Crippen LogP contribution in [0.15, 0.2) is 103 Å². The zero-order valence-electron chi connectivity index (χ0n) is 34.1. The summed E-state index contributed by atoms with van der Waals surface area (Å²) in [4.78, 5) is 4.94. The number of rotatable bonds is 9. The largest absolute Gasteiger partial charge is 0.457 e. The third kappa shape index (κ3) is 7.46. The molecule has 0 fully saturated rings. The molecule has 0 radical (unpaired) electrons. The van der Waals surface area contributed by atoms with Crippen molar-refractivity contribution >= 4 is 21.8 Å². The van der Waals surface area contributed by atoms with Gasteiger partial charge in [-0.25, -0.2) is 9.67 Å². The molecule has 4 aromatic carbocycles. The highest BCUT2D eigenvalue weighted by Crippen LogP contribution is 2.40. The lowest BCUT2D eigenvalue weighted by atomic mass is 9.88. The van der Waals surface area contributed by atoms with Gasteiger partial charge in [0.25, 0.3) is 0 Å². The van der Waals surface area contributed by atoms with Crippen LogP contribution in [0, 0.1) is 12.3 Å². The van der Waals surface area contributed by atoms with Crippen molar-refractivity contribution in [2.45, 2.75) is 106 Å². The quantitative estimate of drug-likeness (QED) is 0.149. The number of hydrogen-bond donors (Lipinski definition) is 0. The van der Waals surface area contributed by atoms with E-state index in [0.717, 1.165) is 58.1 Å². The fraction of sp³-hybridized carbons (Fsp3) is 0.347. The van der Waals surface area contributed by atoms with Crippen LogP contribution in [0.4, 0.5) is 0 Å². The normalized spacial score (nSPS) is 12.5. The molecular weight excluding hydrogens is 661 g/mol. The molecule has 7 rings (SSSR count). The van der Waals surface area contributed by atoms with Gasteiger partial charge in [-0.1, -0.05) is 106 Å². The van der Waals surface area contributed by atoms with Gasteiger partial charge in [-0.15, -0.1) is 0 Å². The van der Waals surface area contributed by atoms with Crippen LogP contribution in [0.1, 0.15) is 116 Å². The average Bonchev–Trinajstić information content (AvgIpc) is 3.67. The van der Waals surface area contributed by atoms with Crippen LogP contribution in [0.2, 0.25) is 0 Å². The molecule has 3 aromatic heterocycles. The number of fused-ring (bicyclic) bond motifs is 3. The van der Waals surface area contributed by atoms with E-state index < -0.39 is 0 Å². The molecule has 0 saturated carbocycles. The van der Waals surface area contributed by atoms with Crippen molar-refractivity contribution in [3.63, 3.8) is 0 Å². The molecule has 0 aliphatic heterocycles. The van der Waals surface area contributed by atoms with Gasteiger partial charge in [-0.3, -0.25) is 4.57 Å². The third-order valence-corrected chi connectivity index (χ3v) is 10.4. The first-order chi connectivity index (χ1) is 25.6. The zero-order valence-corrected chi connectivity index (χ0v) is 34.1. The Morgan fingerprint density at radius 2 is 1.46 bits per heavy atom. The summed E-state index contributed by atoms with van der Waals surface area (Å²) in [5.41, 5.74) is 12.0. The van der Waals surface area contributed by atoms with Crippen LogP contribution < -0.4 is 4.74 Å². The molecule has 0 atom stereocenters. The number of benzene rings is 4. The Morgan fingerprint density at radius 3 is 2.15 bits per heavy atom. The number of nitrogens with zero attached hydrogens (tertiary/aromatic N) is 4. The molecule has 0 amide bonds. The molecule has 54 heavy (non-hydrogen) atoms. The molecular formula is C49H56N4O. The smallest absolute Gasteiger partial charge is 0.137 e. The number of ether oxygens (including phenoxy) is 1. The van der Waals surface area contributed by atoms with E-state index in [1.165, 1.54) is 38.7 Å². The summed E-state index contributed by atoms with van der Waals surface area (Å²) < 4.78 is 11.2. The molecule has 0 aliphatic carbocycles. The molecule has 3 heterocycles. The highest BCUT2D eigenvalue weighted by molar-refractivity contribution is 6.09. The first-order valence-corrected chi connectivity index (χ1v) is 19.6. The minimum Gasteiger partial charge on any atom is -0.457 e. The first kappa shape index (κ1) is 37.2. The monoisotopic (exact) mass is 716 g/mol. The average molecular weight is 717 g/mol. The van der Waals surface area contributed by atoms with E-state index in [1.54, 1.807) is 0 Å². The summed E-state index contributed by atoms with van der Waals surface area (Å²) in [6.07, 6.45) is 4.11. The number of aromatic nitrogens is 4. The van der Waals surface area contributed by atoms with Crippen molar-refractivity contribution in [1.82, 2.24) is 19.3 Å². The molecule has 0 unspecified atom stereocenters. The second kappa shape index (κ2) is 14.2. The van der Waals surface area contributed by atoms with E-state index in [1.807, 2.05) is 6.20 Å². The van der Waals surface area contributed by atoms with Crippen molar-refractivity contribution in [3.05, 3.63) is 131 Å². The SMILES string of the molecule is Cc1cc(Oc2ccc3c4cc(CCC(C)(C)C)ccc4n(-c4cc(C(C)(C)C)ccn4)c3c2)cc(-n2nc(C(C)C)c(-c3ccccc3)c2C(C)C)c1. The summed E-state index contributed by atoms with van der Waals surface area (Å²) in [7, 11) is 0. The fourth-order valence-corrected chi connectivity index (χ4v) is 7.57. The molecule has 5 heteroatoms. The number of pyridine rings is 1. The van der Waals surface area contributed by atoms with Gasteiger partial charge in [0.05, 0.1) is 28.1 Å². The first-order valence-electron chi connectivity index (χ1n) is 19.6. The topological polar surface area (TPSA) is 44.9 Å². The minimum absolute atomic E-state index is 0.00444.